The first-order chi connectivity index (χ1) is 13.8. The number of esters is 1. The van der Waals surface area contributed by atoms with Gasteiger partial charge in [-0.2, -0.15) is 4.31 Å². The molecule has 0 aliphatic heterocycles. The van der Waals surface area contributed by atoms with Crippen LogP contribution in [0.5, 0.6) is 0 Å². The molecule has 1 heterocycles. The third kappa shape index (κ3) is 5.20. The zero-order chi connectivity index (χ0) is 21.0. The highest BCUT2D eigenvalue weighted by Crippen LogP contribution is 2.20. The molecule has 0 bridgehead atoms. The van der Waals surface area contributed by atoms with Crippen LogP contribution in [0.3, 0.4) is 0 Å². The van der Waals surface area contributed by atoms with Crippen molar-refractivity contribution in [1.29, 1.82) is 0 Å². The van der Waals surface area contributed by atoms with Gasteiger partial charge in [-0.25, -0.2) is 8.42 Å². The molecule has 152 valence electrons. The second-order valence-electron chi connectivity index (χ2n) is 6.24. The number of ether oxygens (including phenoxy) is 1. The summed E-state index contributed by atoms with van der Waals surface area (Å²) >= 11 is 5.84. The van der Waals surface area contributed by atoms with Crippen LogP contribution in [-0.4, -0.2) is 42.5 Å². The van der Waals surface area contributed by atoms with Crippen molar-refractivity contribution >= 4 is 27.6 Å². The van der Waals surface area contributed by atoms with Crippen molar-refractivity contribution in [2.75, 3.05) is 13.6 Å². The standard InChI is InChI=1S/C19H18ClN3O5S/c1-13-3-9-16(10-4-13)29(25,26)23(2)11-18(24)27-12-17-21-22-19(28-17)14-5-7-15(20)8-6-14/h3-10H,11-12H2,1-2H3. The molecule has 3 aromatic rings. The molecule has 0 spiro atoms. The summed E-state index contributed by atoms with van der Waals surface area (Å²) in [6, 6.07) is 13.2. The van der Waals surface area contributed by atoms with Crippen LogP contribution in [0.4, 0.5) is 0 Å². The zero-order valence-electron chi connectivity index (χ0n) is 15.7. The largest absolute Gasteiger partial charge is 0.455 e. The maximum atomic E-state index is 12.5. The van der Waals surface area contributed by atoms with Crippen molar-refractivity contribution in [2.45, 2.75) is 18.4 Å². The van der Waals surface area contributed by atoms with E-state index in [0.717, 1.165) is 9.87 Å². The normalized spacial score (nSPS) is 11.6. The van der Waals surface area contributed by atoms with Gasteiger partial charge in [-0.3, -0.25) is 4.79 Å². The first-order valence-electron chi connectivity index (χ1n) is 8.52. The van der Waals surface area contributed by atoms with E-state index in [2.05, 4.69) is 10.2 Å². The van der Waals surface area contributed by atoms with Gasteiger partial charge in [0, 0.05) is 17.6 Å². The molecule has 0 atom stereocenters. The number of likely N-dealkylation sites (N-methyl/N-ethyl adjacent to an activating group) is 1. The first kappa shape index (κ1) is 21.0. The lowest BCUT2D eigenvalue weighted by Crippen LogP contribution is -2.33. The van der Waals surface area contributed by atoms with Crippen LogP contribution in [0.2, 0.25) is 5.02 Å². The Kier molecular flexibility index (Phi) is 6.31. The van der Waals surface area contributed by atoms with E-state index in [-0.39, 0.29) is 23.3 Å². The van der Waals surface area contributed by atoms with Gasteiger partial charge in [0.1, 0.15) is 6.54 Å². The summed E-state index contributed by atoms with van der Waals surface area (Å²) in [5, 5.41) is 8.27. The number of aryl methyl sites for hydroxylation is 1. The minimum Gasteiger partial charge on any atom is -0.455 e. The van der Waals surface area contributed by atoms with E-state index in [1.54, 1.807) is 36.4 Å². The fourth-order valence-electron chi connectivity index (χ4n) is 2.37. The minimum absolute atomic E-state index is 0.0901. The predicted molar refractivity (Wildman–Crippen MR) is 106 cm³/mol. The topological polar surface area (TPSA) is 103 Å². The average molecular weight is 436 g/mol. The van der Waals surface area contributed by atoms with Crippen LogP contribution in [0, 0.1) is 6.92 Å². The Hall–Kier alpha value is -2.75. The van der Waals surface area contributed by atoms with E-state index in [1.807, 2.05) is 6.92 Å². The summed E-state index contributed by atoms with van der Waals surface area (Å²) in [7, 11) is -2.49. The molecule has 0 aliphatic rings. The number of halogens is 1. The average Bonchev–Trinajstić information content (AvgIpc) is 3.16. The minimum atomic E-state index is -3.80. The van der Waals surface area contributed by atoms with Crippen molar-refractivity contribution in [3.05, 3.63) is 65.0 Å². The third-order valence-corrected chi connectivity index (χ3v) is 6.07. The van der Waals surface area contributed by atoms with Crippen molar-refractivity contribution in [3.63, 3.8) is 0 Å². The number of hydrogen-bond acceptors (Lipinski definition) is 7. The quantitative estimate of drug-likeness (QED) is 0.525. The Morgan fingerprint density at radius 3 is 2.41 bits per heavy atom. The third-order valence-electron chi connectivity index (χ3n) is 4.00. The Labute approximate surface area is 173 Å². The lowest BCUT2D eigenvalue weighted by Gasteiger charge is -2.16. The molecule has 29 heavy (non-hydrogen) atoms. The molecule has 1 aromatic heterocycles. The summed E-state index contributed by atoms with van der Waals surface area (Å²) in [5.74, 6) is -0.395. The number of benzene rings is 2. The Balaban J connectivity index is 1.57. The lowest BCUT2D eigenvalue weighted by atomic mass is 10.2. The van der Waals surface area contributed by atoms with Crippen molar-refractivity contribution in [3.8, 4) is 11.5 Å². The van der Waals surface area contributed by atoms with Gasteiger partial charge >= 0.3 is 5.97 Å². The number of sulfonamides is 1. The van der Waals surface area contributed by atoms with Crippen LogP contribution < -0.4 is 0 Å². The van der Waals surface area contributed by atoms with E-state index >= 15 is 0 Å². The van der Waals surface area contributed by atoms with E-state index < -0.39 is 22.5 Å². The molecule has 2 aromatic carbocycles. The van der Waals surface area contributed by atoms with Crippen molar-refractivity contribution < 1.29 is 22.4 Å². The van der Waals surface area contributed by atoms with Crippen LogP contribution >= 0.6 is 11.6 Å². The predicted octanol–water partition coefficient (Wildman–Crippen LogP) is 3.06. The van der Waals surface area contributed by atoms with Gasteiger partial charge in [-0.1, -0.05) is 29.3 Å². The van der Waals surface area contributed by atoms with Crippen LogP contribution in [0.25, 0.3) is 11.5 Å². The Bertz CT molecular complexity index is 1100. The molecule has 0 unspecified atom stereocenters. The SMILES string of the molecule is Cc1ccc(S(=O)(=O)N(C)CC(=O)OCc2nnc(-c3ccc(Cl)cc3)o2)cc1. The monoisotopic (exact) mass is 435 g/mol. The maximum Gasteiger partial charge on any atom is 0.321 e. The summed E-state index contributed by atoms with van der Waals surface area (Å²) in [6.07, 6.45) is 0. The number of carbonyl (C=O) groups is 1. The van der Waals surface area contributed by atoms with Gasteiger partial charge in [-0.05, 0) is 43.3 Å². The summed E-state index contributed by atoms with van der Waals surface area (Å²) in [6.45, 7) is 1.14. The number of carbonyl (C=O) groups excluding carboxylic acids is 1. The number of aromatic nitrogens is 2. The molecular weight excluding hydrogens is 418 g/mol. The fraction of sp³-hybridized carbons (Fsp3) is 0.211. The van der Waals surface area contributed by atoms with Crippen LogP contribution in [0.15, 0.2) is 57.8 Å². The Morgan fingerprint density at radius 2 is 1.76 bits per heavy atom. The van der Waals surface area contributed by atoms with Gasteiger partial charge in [-0.15, -0.1) is 10.2 Å². The summed E-state index contributed by atoms with van der Waals surface area (Å²) in [4.78, 5) is 12.1. The zero-order valence-corrected chi connectivity index (χ0v) is 17.3. The van der Waals surface area contributed by atoms with Crippen LogP contribution in [-0.2, 0) is 26.2 Å². The molecular formula is C19H18ClN3O5S. The summed E-state index contributed by atoms with van der Waals surface area (Å²) in [5.41, 5.74) is 1.60. The van der Waals surface area contributed by atoms with Crippen molar-refractivity contribution in [1.82, 2.24) is 14.5 Å². The molecule has 3 rings (SSSR count). The molecule has 0 saturated heterocycles. The van der Waals surface area contributed by atoms with Crippen LogP contribution in [0.1, 0.15) is 11.5 Å². The lowest BCUT2D eigenvalue weighted by molar-refractivity contribution is -0.145. The number of hydrogen-bond donors (Lipinski definition) is 0. The molecule has 0 amide bonds. The number of nitrogens with zero attached hydrogens (tertiary/aromatic N) is 3. The maximum absolute atomic E-state index is 12.5. The highest BCUT2D eigenvalue weighted by Gasteiger charge is 2.23. The molecule has 0 fully saturated rings. The first-order valence-corrected chi connectivity index (χ1v) is 10.3. The molecule has 0 N–H and O–H groups in total. The fourth-order valence-corrected chi connectivity index (χ4v) is 3.61. The van der Waals surface area contributed by atoms with E-state index in [1.165, 1.54) is 19.2 Å². The van der Waals surface area contributed by atoms with Gasteiger partial charge in [0.05, 0.1) is 4.90 Å². The van der Waals surface area contributed by atoms with E-state index in [4.69, 9.17) is 20.8 Å². The smallest absolute Gasteiger partial charge is 0.321 e. The van der Waals surface area contributed by atoms with Gasteiger partial charge < -0.3 is 9.15 Å². The molecule has 0 saturated carbocycles. The molecule has 10 heteroatoms. The second kappa shape index (κ2) is 8.73. The van der Waals surface area contributed by atoms with Crippen molar-refractivity contribution in [2.24, 2.45) is 0 Å². The van der Waals surface area contributed by atoms with Gasteiger partial charge in [0.2, 0.25) is 15.9 Å². The highest BCUT2D eigenvalue weighted by molar-refractivity contribution is 7.89. The van der Waals surface area contributed by atoms with E-state index in [9.17, 15) is 13.2 Å². The van der Waals surface area contributed by atoms with E-state index in [0.29, 0.717) is 10.6 Å². The molecule has 0 radical (unpaired) electrons. The Morgan fingerprint density at radius 1 is 1.10 bits per heavy atom. The summed E-state index contributed by atoms with van der Waals surface area (Å²) < 4.78 is 36.4. The number of rotatable bonds is 7. The second-order valence-corrected chi connectivity index (χ2v) is 8.72. The highest BCUT2D eigenvalue weighted by atomic mass is 35.5. The molecule has 0 aliphatic carbocycles. The van der Waals surface area contributed by atoms with Gasteiger partial charge in [0.25, 0.3) is 5.89 Å². The molecule has 8 nitrogen and oxygen atoms in total. The van der Waals surface area contributed by atoms with Gasteiger partial charge in [0.15, 0.2) is 6.61 Å².